The SMILES string of the molecule is C#CCCNC(=NC)N1CCOC(COC)C1.I. The van der Waals surface area contributed by atoms with Crippen LogP contribution in [-0.4, -0.2) is 64.0 Å². The molecule has 0 bridgehead atoms. The van der Waals surface area contributed by atoms with E-state index in [1.807, 2.05) is 0 Å². The van der Waals surface area contributed by atoms with Crippen molar-refractivity contribution in [2.24, 2.45) is 4.99 Å². The van der Waals surface area contributed by atoms with Crippen molar-refractivity contribution < 1.29 is 9.47 Å². The van der Waals surface area contributed by atoms with Gasteiger partial charge in [-0.1, -0.05) is 0 Å². The molecule has 18 heavy (non-hydrogen) atoms. The maximum atomic E-state index is 5.59. The first kappa shape index (κ1) is 17.5. The number of halogens is 1. The van der Waals surface area contributed by atoms with E-state index in [2.05, 4.69) is 21.1 Å². The maximum absolute atomic E-state index is 5.59. The van der Waals surface area contributed by atoms with Crippen LogP contribution < -0.4 is 5.32 Å². The molecule has 1 fully saturated rings. The summed E-state index contributed by atoms with van der Waals surface area (Å²) in [7, 11) is 3.46. The fourth-order valence-electron chi connectivity index (χ4n) is 1.78. The van der Waals surface area contributed by atoms with E-state index in [1.54, 1.807) is 14.2 Å². The van der Waals surface area contributed by atoms with Crippen LogP contribution in [-0.2, 0) is 9.47 Å². The number of morpholine rings is 1. The van der Waals surface area contributed by atoms with Gasteiger partial charge in [-0.05, 0) is 0 Å². The molecule has 1 atom stereocenters. The van der Waals surface area contributed by atoms with Gasteiger partial charge in [-0.3, -0.25) is 4.99 Å². The molecule has 104 valence electrons. The molecule has 1 heterocycles. The number of ether oxygens (including phenoxy) is 2. The largest absolute Gasteiger partial charge is 0.382 e. The summed E-state index contributed by atoms with van der Waals surface area (Å²) >= 11 is 0. The van der Waals surface area contributed by atoms with Gasteiger partial charge in [-0.15, -0.1) is 36.3 Å². The zero-order valence-corrected chi connectivity index (χ0v) is 13.3. The lowest BCUT2D eigenvalue weighted by molar-refractivity contribution is -0.0447. The van der Waals surface area contributed by atoms with Crippen molar-refractivity contribution >= 4 is 29.9 Å². The molecule has 0 radical (unpaired) electrons. The lowest BCUT2D eigenvalue weighted by Crippen LogP contribution is -2.51. The molecule has 1 aliphatic heterocycles. The van der Waals surface area contributed by atoms with E-state index >= 15 is 0 Å². The average Bonchev–Trinajstić information content (AvgIpc) is 2.35. The minimum atomic E-state index is 0. The summed E-state index contributed by atoms with van der Waals surface area (Å²) < 4.78 is 10.7. The molecule has 0 aromatic carbocycles. The number of nitrogens with zero attached hydrogens (tertiary/aromatic N) is 2. The Morgan fingerprint density at radius 2 is 2.44 bits per heavy atom. The Morgan fingerprint density at radius 1 is 1.67 bits per heavy atom. The monoisotopic (exact) mass is 367 g/mol. The fraction of sp³-hybridized carbons (Fsp3) is 0.750. The first-order valence-electron chi connectivity index (χ1n) is 5.81. The highest BCUT2D eigenvalue weighted by Gasteiger charge is 2.22. The Kier molecular flexibility index (Phi) is 10.1. The number of rotatable bonds is 4. The lowest BCUT2D eigenvalue weighted by atomic mass is 10.3. The van der Waals surface area contributed by atoms with Crippen LogP contribution in [0.15, 0.2) is 4.99 Å². The third-order valence-corrected chi connectivity index (χ3v) is 2.56. The van der Waals surface area contributed by atoms with Crippen LogP contribution in [0, 0.1) is 12.3 Å². The van der Waals surface area contributed by atoms with Crippen LogP contribution in [0.1, 0.15) is 6.42 Å². The Hall–Kier alpha value is -0.520. The maximum Gasteiger partial charge on any atom is 0.193 e. The topological polar surface area (TPSA) is 46.1 Å². The van der Waals surface area contributed by atoms with Gasteiger partial charge in [-0.2, -0.15) is 0 Å². The van der Waals surface area contributed by atoms with E-state index in [0.717, 1.165) is 25.6 Å². The van der Waals surface area contributed by atoms with Crippen molar-refractivity contribution in [1.29, 1.82) is 0 Å². The number of hydrogen-bond acceptors (Lipinski definition) is 3. The van der Waals surface area contributed by atoms with Crippen molar-refractivity contribution in [2.75, 3.05) is 47.0 Å². The van der Waals surface area contributed by atoms with E-state index < -0.39 is 0 Å². The Bertz CT molecular complexity index is 290. The summed E-state index contributed by atoms with van der Waals surface area (Å²) in [6.07, 6.45) is 6.03. The summed E-state index contributed by atoms with van der Waals surface area (Å²) in [5.74, 6) is 3.48. The van der Waals surface area contributed by atoms with Crippen LogP contribution in [0.3, 0.4) is 0 Å². The molecule has 1 aliphatic rings. The molecule has 0 aliphatic carbocycles. The highest BCUT2D eigenvalue weighted by atomic mass is 127. The summed E-state index contributed by atoms with van der Waals surface area (Å²) in [4.78, 5) is 6.41. The van der Waals surface area contributed by atoms with Gasteiger partial charge in [0.05, 0.1) is 19.3 Å². The molecule has 5 nitrogen and oxygen atoms in total. The van der Waals surface area contributed by atoms with Gasteiger partial charge in [-0.25, -0.2) is 0 Å². The van der Waals surface area contributed by atoms with Crippen LogP contribution in [0.5, 0.6) is 0 Å². The fourth-order valence-corrected chi connectivity index (χ4v) is 1.78. The van der Waals surface area contributed by atoms with Crippen molar-refractivity contribution in [3.63, 3.8) is 0 Å². The molecule has 1 saturated heterocycles. The summed E-state index contributed by atoms with van der Waals surface area (Å²) in [5, 5.41) is 3.24. The molecular weight excluding hydrogens is 345 g/mol. The first-order chi connectivity index (χ1) is 8.31. The van der Waals surface area contributed by atoms with E-state index in [-0.39, 0.29) is 30.1 Å². The van der Waals surface area contributed by atoms with Crippen molar-refractivity contribution in [1.82, 2.24) is 10.2 Å². The van der Waals surface area contributed by atoms with Gasteiger partial charge in [0.1, 0.15) is 0 Å². The second-order valence-electron chi connectivity index (χ2n) is 3.82. The van der Waals surface area contributed by atoms with E-state index in [1.165, 1.54) is 0 Å². The molecule has 1 unspecified atom stereocenters. The molecule has 0 aromatic heterocycles. The van der Waals surface area contributed by atoms with Gasteiger partial charge >= 0.3 is 0 Å². The molecule has 0 amide bonds. The zero-order chi connectivity index (χ0) is 12.5. The van der Waals surface area contributed by atoms with Gasteiger partial charge < -0.3 is 19.7 Å². The highest BCUT2D eigenvalue weighted by Crippen LogP contribution is 2.05. The van der Waals surface area contributed by atoms with E-state index in [0.29, 0.717) is 19.6 Å². The minimum Gasteiger partial charge on any atom is -0.382 e. The standard InChI is InChI=1S/C12H21N3O2.HI/c1-4-5-6-14-12(13-2)15-7-8-17-11(9-15)10-16-3;/h1,11H,5-10H2,2-3H3,(H,13,14);1H. The number of hydrogen-bond donors (Lipinski definition) is 1. The third kappa shape index (κ3) is 5.89. The van der Waals surface area contributed by atoms with Crippen molar-refractivity contribution in [3.8, 4) is 12.3 Å². The highest BCUT2D eigenvalue weighted by molar-refractivity contribution is 14.0. The predicted molar refractivity (Wildman–Crippen MR) is 83.4 cm³/mol. The van der Waals surface area contributed by atoms with Crippen LogP contribution >= 0.6 is 24.0 Å². The molecular formula is C12H22IN3O2. The molecule has 0 saturated carbocycles. The van der Waals surface area contributed by atoms with Crippen LogP contribution in [0.4, 0.5) is 0 Å². The second kappa shape index (κ2) is 10.4. The molecule has 1 rings (SSSR count). The summed E-state index contributed by atoms with van der Waals surface area (Å²) in [6, 6.07) is 0. The number of nitrogens with one attached hydrogen (secondary N) is 1. The van der Waals surface area contributed by atoms with E-state index in [4.69, 9.17) is 15.9 Å². The molecule has 1 N–H and O–H groups in total. The minimum absolute atomic E-state index is 0. The van der Waals surface area contributed by atoms with Gasteiger partial charge in [0.25, 0.3) is 0 Å². The summed E-state index contributed by atoms with van der Waals surface area (Å²) in [5.41, 5.74) is 0. The van der Waals surface area contributed by atoms with E-state index in [9.17, 15) is 0 Å². The number of guanidine groups is 1. The van der Waals surface area contributed by atoms with Crippen molar-refractivity contribution in [3.05, 3.63) is 0 Å². The van der Waals surface area contributed by atoms with Crippen LogP contribution in [0.2, 0.25) is 0 Å². The molecule has 6 heteroatoms. The first-order valence-corrected chi connectivity index (χ1v) is 5.81. The van der Waals surface area contributed by atoms with Crippen LogP contribution in [0.25, 0.3) is 0 Å². The van der Waals surface area contributed by atoms with Crippen molar-refractivity contribution in [2.45, 2.75) is 12.5 Å². The van der Waals surface area contributed by atoms with Gasteiger partial charge in [0.2, 0.25) is 0 Å². The quantitative estimate of drug-likeness (QED) is 0.259. The normalized spacial score (nSPS) is 19.9. The number of aliphatic imine (C=N–C) groups is 1. The Balaban J connectivity index is 0.00000289. The second-order valence-corrected chi connectivity index (χ2v) is 3.82. The molecule has 0 spiro atoms. The molecule has 0 aromatic rings. The number of terminal acetylenes is 1. The Morgan fingerprint density at radius 3 is 3.06 bits per heavy atom. The van der Waals surface area contributed by atoms with Gasteiger partial charge in [0, 0.05) is 40.2 Å². The third-order valence-electron chi connectivity index (χ3n) is 2.56. The smallest absolute Gasteiger partial charge is 0.193 e. The Labute approximate surface area is 126 Å². The predicted octanol–water partition coefficient (Wildman–Crippen LogP) is 0.550. The zero-order valence-electron chi connectivity index (χ0n) is 11.0. The average molecular weight is 367 g/mol. The van der Waals surface area contributed by atoms with Gasteiger partial charge in [0.15, 0.2) is 5.96 Å². The number of methoxy groups -OCH3 is 1. The summed E-state index contributed by atoms with van der Waals surface area (Å²) in [6.45, 7) is 3.69. The lowest BCUT2D eigenvalue weighted by Gasteiger charge is -2.34.